The topological polar surface area (TPSA) is 184 Å². The number of carboxylic acid groups (broad SMARTS) is 1. The van der Waals surface area contributed by atoms with Crippen molar-refractivity contribution in [1.29, 1.82) is 0 Å². The van der Waals surface area contributed by atoms with Gasteiger partial charge in [0.05, 0.1) is 24.5 Å². The average molecular weight is 572 g/mol. The first-order valence-electron chi connectivity index (χ1n) is 12.5. The summed E-state index contributed by atoms with van der Waals surface area (Å²) in [7, 11) is 0. The molecular formula is C24H37N5O7S2. The normalized spacial score (nSPS) is 20.3. The Labute approximate surface area is 231 Å². The fourth-order valence-electron chi connectivity index (χ4n) is 5.00. The Morgan fingerprint density at radius 3 is 2.03 bits per heavy atom. The SMILES string of the molecule is CC(CC(=O)O)C(=O)N1CCC[C@H]1C(=O)C(C(=O)[C@H](C)N)(C(=O)[C@H](C)N)N(C(=O)N1CCSC1=S)C(C)C. The Morgan fingerprint density at radius 2 is 1.61 bits per heavy atom. The highest BCUT2D eigenvalue weighted by Gasteiger charge is 2.63. The van der Waals surface area contributed by atoms with E-state index >= 15 is 0 Å². The summed E-state index contributed by atoms with van der Waals surface area (Å²) in [4.78, 5) is 84.2. The highest BCUT2D eigenvalue weighted by molar-refractivity contribution is 8.23. The minimum atomic E-state index is -2.72. The van der Waals surface area contributed by atoms with E-state index < -0.39 is 77.3 Å². The molecule has 0 bridgehead atoms. The van der Waals surface area contributed by atoms with Crippen molar-refractivity contribution in [1.82, 2.24) is 14.7 Å². The first-order valence-corrected chi connectivity index (χ1v) is 13.9. The van der Waals surface area contributed by atoms with Crippen molar-refractivity contribution in [2.75, 3.05) is 18.8 Å². The van der Waals surface area contributed by atoms with Crippen LogP contribution in [0.2, 0.25) is 0 Å². The van der Waals surface area contributed by atoms with Gasteiger partial charge in [0.25, 0.3) is 0 Å². The summed E-state index contributed by atoms with van der Waals surface area (Å²) >= 11 is 6.56. The minimum absolute atomic E-state index is 0.114. The van der Waals surface area contributed by atoms with Gasteiger partial charge in [-0.3, -0.25) is 33.8 Å². The molecule has 0 aromatic rings. The molecule has 2 heterocycles. The van der Waals surface area contributed by atoms with Crippen molar-refractivity contribution in [2.24, 2.45) is 17.4 Å². The van der Waals surface area contributed by atoms with Crippen molar-refractivity contribution >= 4 is 63.6 Å². The average Bonchev–Trinajstić information content (AvgIpc) is 3.48. The molecule has 212 valence electrons. The van der Waals surface area contributed by atoms with Crippen LogP contribution in [0.1, 0.15) is 53.9 Å². The molecule has 2 aliphatic heterocycles. The van der Waals surface area contributed by atoms with Gasteiger partial charge in [0.2, 0.25) is 11.4 Å². The van der Waals surface area contributed by atoms with Gasteiger partial charge in [-0.25, -0.2) is 4.79 Å². The second-order valence-corrected chi connectivity index (χ2v) is 11.8. The zero-order valence-corrected chi connectivity index (χ0v) is 24.0. The van der Waals surface area contributed by atoms with Crippen LogP contribution in [0.4, 0.5) is 4.79 Å². The number of ketones is 3. The van der Waals surface area contributed by atoms with Crippen LogP contribution in [0.25, 0.3) is 0 Å². The molecule has 12 nitrogen and oxygen atoms in total. The van der Waals surface area contributed by atoms with Gasteiger partial charge in [0.1, 0.15) is 4.32 Å². The summed E-state index contributed by atoms with van der Waals surface area (Å²) in [5.74, 6) is -5.23. The van der Waals surface area contributed by atoms with Gasteiger partial charge in [-0.05, 0) is 40.5 Å². The van der Waals surface area contributed by atoms with Crippen molar-refractivity contribution < 1.29 is 33.9 Å². The van der Waals surface area contributed by atoms with E-state index in [4.69, 9.17) is 28.8 Å². The molecule has 0 radical (unpaired) electrons. The maximum absolute atomic E-state index is 14.6. The van der Waals surface area contributed by atoms with Gasteiger partial charge in [0, 0.05) is 30.8 Å². The van der Waals surface area contributed by atoms with Gasteiger partial charge in [-0.15, -0.1) is 0 Å². The second kappa shape index (κ2) is 12.6. The Hall–Kier alpha value is -2.42. The second-order valence-electron chi connectivity index (χ2n) is 10.1. The molecule has 3 amide bonds. The lowest BCUT2D eigenvalue weighted by Gasteiger charge is -2.46. The zero-order chi connectivity index (χ0) is 29.1. The Morgan fingerprint density at radius 1 is 1.05 bits per heavy atom. The van der Waals surface area contributed by atoms with Gasteiger partial charge in [0.15, 0.2) is 17.3 Å². The fourth-order valence-corrected chi connectivity index (χ4v) is 6.20. The first kappa shape index (κ1) is 31.8. The summed E-state index contributed by atoms with van der Waals surface area (Å²) < 4.78 is 0.239. The number of carbonyl (C=O) groups excluding carboxylic acids is 5. The van der Waals surface area contributed by atoms with Crippen molar-refractivity contribution in [3.8, 4) is 0 Å². The van der Waals surface area contributed by atoms with Crippen LogP contribution >= 0.6 is 24.0 Å². The molecule has 1 unspecified atom stereocenters. The molecule has 2 rings (SSSR count). The summed E-state index contributed by atoms with van der Waals surface area (Å²) in [6.45, 7) is 7.50. The molecule has 5 N–H and O–H groups in total. The monoisotopic (exact) mass is 571 g/mol. The van der Waals surface area contributed by atoms with Crippen LogP contribution in [0.5, 0.6) is 0 Å². The van der Waals surface area contributed by atoms with Crippen molar-refractivity contribution in [3.05, 3.63) is 0 Å². The quantitative estimate of drug-likeness (QED) is 0.230. The van der Waals surface area contributed by atoms with E-state index in [0.717, 1.165) is 4.90 Å². The number of hydrogen-bond acceptors (Lipinski definition) is 10. The predicted octanol–water partition coefficient (Wildman–Crippen LogP) is 0.393. The smallest absolute Gasteiger partial charge is 0.327 e. The third-order valence-corrected chi connectivity index (χ3v) is 8.14. The number of aliphatic carboxylic acids is 1. The highest BCUT2D eigenvalue weighted by Crippen LogP contribution is 2.34. The first-order chi connectivity index (χ1) is 17.6. The lowest BCUT2D eigenvalue weighted by atomic mass is 9.74. The molecule has 0 spiro atoms. The third kappa shape index (κ3) is 5.92. The largest absolute Gasteiger partial charge is 0.481 e. The fraction of sp³-hybridized carbons (Fsp3) is 0.708. The Balaban J connectivity index is 2.77. The number of thiocarbonyl (C=S) groups is 1. The van der Waals surface area contributed by atoms with Gasteiger partial charge < -0.3 is 21.5 Å². The third-order valence-electron chi connectivity index (χ3n) is 6.71. The van der Waals surface area contributed by atoms with Crippen LogP contribution in [0, 0.1) is 5.92 Å². The van der Waals surface area contributed by atoms with Crippen molar-refractivity contribution in [3.63, 3.8) is 0 Å². The van der Waals surface area contributed by atoms with Crippen molar-refractivity contribution in [2.45, 2.75) is 83.6 Å². The number of carbonyl (C=O) groups is 6. The number of nitrogens with zero attached hydrogens (tertiary/aromatic N) is 3. The number of rotatable bonds is 11. The van der Waals surface area contributed by atoms with E-state index in [1.807, 2.05) is 0 Å². The van der Waals surface area contributed by atoms with Crippen LogP contribution in [0.15, 0.2) is 0 Å². The molecule has 0 aromatic heterocycles. The predicted molar refractivity (Wildman–Crippen MR) is 145 cm³/mol. The van der Waals surface area contributed by atoms with Gasteiger partial charge in [-0.1, -0.05) is 30.9 Å². The van der Waals surface area contributed by atoms with E-state index in [9.17, 15) is 28.8 Å². The number of likely N-dealkylation sites (tertiary alicyclic amines) is 1. The Kier molecular flexibility index (Phi) is 10.6. The molecule has 2 fully saturated rings. The number of hydrogen-bond donors (Lipinski definition) is 3. The number of nitrogens with two attached hydrogens (primary N) is 2. The van der Waals surface area contributed by atoms with Gasteiger partial charge >= 0.3 is 12.0 Å². The molecule has 2 aliphatic rings. The standard InChI is InChI=1S/C24H37N5O7S2/c1-12(2)29(22(36)28-9-10-38-23(28)37)24(18(32)14(4)25,19(33)15(5)26)20(34)16-7-6-8-27(16)21(35)13(3)11-17(30)31/h12-16H,6-11,25-26H2,1-5H3,(H,30,31)/t13?,14-,15-,16-/m0/s1. The minimum Gasteiger partial charge on any atom is -0.481 e. The molecule has 4 atom stereocenters. The summed E-state index contributed by atoms with van der Waals surface area (Å²) in [6.07, 6.45) is 0.0293. The van der Waals surface area contributed by atoms with E-state index in [2.05, 4.69) is 0 Å². The number of urea groups is 1. The van der Waals surface area contributed by atoms with Gasteiger partial charge in [-0.2, -0.15) is 0 Å². The maximum atomic E-state index is 14.6. The van der Waals surface area contributed by atoms with E-state index in [-0.39, 0.29) is 23.8 Å². The Bertz CT molecular complexity index is 996. The van der Waals surface area contributed by atoms with E-state index in [1.54, 1.807) is 13.8 Å². The van der Waals surface area contributed by atoms with E-state index in [1.165, 1.54) is 42.3 Å². The molecule has 0 aliphatic carbocycles. The summed E-state index contributed by atoms with van der Waals surface area (Å²) in [6, 6.07) is -5.60. The maximum Gasteiger partial charge on any atom is 0.327 e. The molecule has 38 heavy (non-hydrogen) atoms. The molecule has 2 saturated heterocycles. The number of carboxylic acids is 1. The lowest BCUT2D eigenvalue weighted by Crippen LogP contribution is -2.76. The zero-order valence-electron chi connectivity index (χ0n) is 22.3. The highest BCUT2D eigenvalue weighted by atomic mass is 32.2. The van der Waals surface area contributed by atoms with Crippen LogP contribution < -0.4 is 11.5 Å². The summed E-state index contributed by atoms with van der Waals surface area (Å²) in [5.41, 5.74) is 9.26. The molecular weight excluding hydrogens is 534 g/mol. The van der Waals surface area contributed by atoms with Crippen LogP contribution in [-0.2, 0) is 24.0 Å². The number of thioether (sulfide) groups is 1. The number of Topliss-reactive ketones (excluding diaryl/α,β-unsaturated/α-hetero) is 3. The number of amides is 3. The van der Waals surface area contributed by atoms with E-state index in [0.29, 0.717) is 12.2 Å². The summed E-state index contributed by atoms with van der Waals surface area (Å²) in [5, 5.41) is 9.15. The van der Waals surface area contributed by atoms with Crippen LogP contribution in [-0.4, -0.2) is 108 Å². The molecule has 0 aromatic carbocycles. The lowest BCUT2D eigenvalue weighted by molar-refractivity contribution is -0.157. The molecule has 0 saturated carbocycles. The molecule has 14 heteroatoms. The van der Waals surface area contributed by atoms with Crippen LogP contribution in [0.3, 0.4) is 0 Å².